The Morgan fingerprint density at radius 1 is 1.10 bits per heavy atom. The zero-order chi connectivity index (χ0) is 14.9. The summed E-state index contributed by atoms with van der Waals surface area (Å²) in [4.78, 5) is 10.9. The first-order valence-electron chi connectivity index (χ1n) is 6.17. The molecule has 0 radical (unpaired) electrons. The molecule has 0 saturated carbocycles. The quantitative estimate of drug-likeness (QED) is 0.887. The second kappa shape index (κ2) is 5.55. The monoisotopic (exact) mass is 290 g/mol. The van der Waals surface area contributed by atoms with Crippen LogP contribution in [0.4, 0.5) is 0 Å². The number of carboxylic acid groups (broad SMARTS) is 1. The summed E-state index contributed by atoms with van der Waals surface area (Å²) in [5.74, 6) is 0.199. The molecule has 0 unspecified atom stereocenters. The third kappa shape index (κ3) is 2.78. The molecule has 2 aromatic carbocycles. The number of hydrogen-bond acceptors (Lipinski definition) is 2. The Morgan fingerprint density at radius 3 is 2.35 bits per heavy atom. The predicted molar refractivity (Wildman–Crippen MR) is 79.1 cm³/mol. The van der Waals surface area contributed by atoms with Gasteiger partial charge in [-0.1, -0.05) is 23.7 Å². The molecule has 2 rings (SSSR count). The highest BCUT2D eigenvalue weighted by atomic mass is 35.5. The van der Waals surface area contributed by atoms with Crippen LogP contribution in [0.15, 0.2) is 30.3 Å². The summed E-state index contributed by atoms with van der Waals surface area (Å²) in [5, 5.41) is 9.20. The van der Waals surface area contributed by atoms with Gasteiger partial charge in [0.05, 0.1) is 10.6 Å². The number of aryl methyl sites for hydroxylation is 2. The lowest BCUT2D eigenvalue weighted by atomic mass is 10.1. The molecule has 0 aliphatic carbocycles. The van der Waals surface area contributed by atoms with Crippen molar-refractivity contribution in [1.29, 1.82) is 0 Å². The van der Waals surface area contributed by atoms with Gasteiger partial charge in [-0.15, -0.1) is 0 Å². The van der Waals surface area contributed by atoms with Crippen LogP contribution in [-0.2, 0) is 0 Å². The van der Waals surface area contributed by atoms with Crippen molar-refractivity contribution in [3.05, 3.63) is 57.6 Å². The number of rotatable bonds is 3. The first kappa shape index (κ1) is 14.4. The molecule has 0 saturated heterocycles. The van der Waals surface area contributed by atoms with Gasteiger partial charge in [-0.05, 0) is 55.7 Å². The molecule has 0 aliphatic rings. The molecule has 20 heavy (non-hydrogen) atoms. The number of hydrogen-bond donors (Lipinski definition) is 1. The Labute approximate surface area is 122 Å². The Morgan fingerprint density at radius 2 is 1.75 bits per heavy atom. The molecule has 0 bridgehead atoms. The third-order valence-corrected chi connectivity index (χ3v) is 3.56. The van der Waals surface area contributed by atoms with E-state index in [-0.39, 0.29) is 10.6 Å². The van der Waals surface area contributed by atoms with Gasteiger partial charge in [-0.2, -0.15) is 0 Å². The van der Waals surface area contributed by atoms with Crippen molar-refractivity contribution >= 4 is 17.6 Å². The molecule has 0 amide bonds. The number of halogens is 1. The topological polar surface area (TPSA) is 46.5 Å². The summed E-state index contributed by atoms with van der Waals surface area (Å²) in [6.07, 6.45) is 0. The van der Waals surface area contributed by atoms with Crippen molar-refractivity contribution in [2.75, 3.05) is 0 Å². The molecule has 0 fully saturated rings. The maximum absolute atomic E-state index is 10.9. The minimum Gasteiger partial charge on any atom is -0.478 e. The average molecular weight is 291 g/mol. The van der Waals surface area contributed by atoms with Crippen molar-refractivity contribution < 1.29 is 14.6 Å². The Balaban J connectivity index is 2.41. The van der Waals surface area contributed by atoms with Gasteiger partial charge in [0.2, 0.25) is 0 Å². The van der Waals surface area contributed by atoms with Crippen LogP contribution < -0.4 is 4.74 Å². The molecular weight excluding hydrogens is 276 g/mol. The van der Waals surface area contributed by atoms with Gasteiger partial charge in [0.15, 0.2) is 0 Å². The standard InChI is InChI=1S/C16H15ClO3/c1-9-4-5-10(2)15(11(9)3)20-14-7-6-12(16(18)19)8-13(14)17/h4-8H,1-3H3,(H,18,19). The minimum atomic E-state index is -1.01. The van der Waals surface area contributed by atoms with Crippen LogP contribution in [-0.4, -0.2) is 11.1 Å². The van der Waals surface area contributed by atoms with Gasteiger partial charge in [0.25, 0.3) is 0 Å². The van der Waals surface area contributed by atoms with Gasteiger partial charge >= 0.3 is 5.97 Å². The molecule has 0 spiro atoms. The van der Waals surface area contributed by atoms with E-state index in [0.29, 0.717) is 5.75 Å². The lowest BCUT2D eigenvalue weighted by Gasteiger charge is -2.14. The third-order valence-electron chi connectivity index (χ3n) is 3.26. The predicted octanol–water partition coefficient (Wildman–Crippen LogP) is 4.76. The lowest BCUT2D eigenvalue weighted by molar-refractivity contribution is 0.0697. The Bertz CT molecular complexity index is 678. The first-order valence-corrected chi connectivity index (χ1v) is 6.55. The molecule has 3 nitrogen and oxygen atoms in total. The maximum atomic E-state index is 10.9. The summed E-state index contributed by atoms with van der Waals surface area (Å²) in [6, 6.07) is 8.46. The highest BCUT2D eigenvalue weighted by Crippen LogP contribution is 2.34. The molecule has 0 atom stereocenters. The van der Waals surface area contributed by atoms with E-state index in [1.54, 1.807) is 6.07 Å². The zero-order valence-corrected chi connectivity index (χ0v) is 12.3. The molecule has 0 heterocycles. The minimum absolute atomic E-state index is 0.139. The van der Waals surface area contributed by atoms with Crippen LogP contribution in [0.1, 0.15) is 27.0 Å². The summed E-state index contributed by atoms with van der Waals surface area (Å²) < 4.78 is 5.86. The molecule has 0 aliphatic heterocycles. The molecule has 0 aromatic heterocycles. The van der Waals surface area contributed by atoms with E-state index in [0.717, 1.165) is 22.4 Å². The maximum Gasteiger partial charge on any atom is 0.335 e. The summed E-state index contributed by atoms with van der Waals surface area (Å²) in [7, 11) is 0. The van der Waals surface area contributed by atoms with Gasteiger partial charge in [-0.25, -0.2) is 4.79 Å². The van der Waals surface area contributed by atoms with Crippen molar-refractivity contribution in [2.45, 2.75) is 20.8 Å². The number of carbonyl (C=O) groups is 1. The summed E-state index contributed by atoms with van der Waals surface area (Å²) in [5.41, 5.74) is 3.32. The highest BCUT2D eigenvalue weighted by molar-refractivity contribution is 6.32. The highest BCUT2D eigenvalue weighted by Gasteiger charge is 2.12. The van der Waals surface area contributed by atoms with E-state index >= 15 is 0 Å². The van der Waals surface area contributed by atoms with Crippen molar-refractivity contribution in [2.24, 2.45) is 0 Å². The molecule has 1 N–H and O–H groups in total. The van der Waals surface area contributed by atoms with Gasteiger partial charge in [-0.3, -0.25) is 0 Å². The lowest BCUT2D eigenvalue weighted by Crippen LogP contribution is -1.98. The fraction of sp³-hybridized carbons (Fsp3) is 0.188. The van der Waals surface area contributed by atoms with Crippen molar-refractivity contribution in [3.63, 3.8) is 0 Å². The van der Waals surface area contributed by atoms with E-state index < -0.39 is 5.97 Å². The van der Waals surface area contributed by atoms with Crippen LogP contribution in [0.2, 0.25) is 5.02 Å². The van der Waals surface area contributed by atoms with E-state index in [9.17, 15) is 4.79 Å². The smallest absolute Gasteiger partial charge is 0.335 e. The van der Waals surface area contributed by atoms with Crippen molar-refractivity contribution in [3.8, 4) is 11.5 Å². The van der Waals surface area contributed by atoms with Gasteiger partial charge in [0.1, 0.15) is 11.5 Å². The SMILES string of the molecule is Cc1ccc(C)c(Oc2ccc(C(=O)O)cc2Cl)c1C. The average Bonchev–Trinajstić information content (AvgIpc) is 2.40. The van der Waals surface area contributed by atoms with Gasteiger partial charge < -0.3 is 9.84 Å². The zero-order valence-electron chi connectivity index (χ0n) is 11.5. The normalized spacial score (nSPS) is 10.4. The molecular formula is C16H15ClO3. The van der Waals surface area contributed by atoms with E-state index in [2.05, 4.69) is 0 Å². The first-order chi connectivity index (χ1) is 9.40. The number of aromatic carboxylic acids is 1. The van der Waals surface area contributed by atoms with E-state index in [1.807, 2.05) is 32.9 Å². The fourth-order valence-corrected chi connectivity index (χ4v) is 2.13. The molecule has 104 valence electrons. The van der Waals surface area contributed by atoms with E-state index in [4.69, 9.17) is 21.4 Å². The fourth-order valence-electron chi connectivity index (χ4n) is 1.91. The van der Waals surface area contributed by atoms with E-state index in [1.165, 1.54) is 12.1 Å². The van der Waals surface area contributed by atoms with Crippen LogP contribution >= 0.6 is 11.6 Å². The number of ether oxygens (including phenoxy) is 1. The second-order valence-electron chi connectivity index (χ2n) is 4.71. The largest absolute Gasteiger partial charge is 0.478 e. The van der Waals surface area contributed by atoms with Gasteiger partial charge in [0, 0.05) is 0 Å². The van der Waals surface area contributed by atoms with Crippen LogP contribution in [0.3, 0.4) is 0 Å². The van der Waals surface area contributed by atoms with Crippen LogP contribution in [0, 0.1) is 20.8 Å². The number of benzene rings is 2. The molecule has 4 heteroatoms. The Kier molecular flexibility index (Phi) is 4.00. The Hall–Kier alpha value is -2.00. The van der Waals surface area contributed by atoms with Crippen molar-refractivity contribution in [1.82, 2.24) is 0 Å². The molecule has 2 aromatic rings. The second-order valence-corrected chi connectivity index (χ2v) is 5.11. The van der Waals surface area contributed by atoms with Crippen LogP contribution in [0.5, 0.6) is 11.5 Å². The summed E-state index contributed by atoms with van der Waals surface area (Å²) >= 11 is 6.08. The van der Waals surface area contributed by atoms with Crippen LogP contribution in [0.25, 0.3) is 0 Å². The summed E-state index contributed by atoms with van der Waals surface area (Å²) in [6.45, 7) is 5.95. The number of carboxylic acids is 1.